The van der Waals surface area contributed by atoms with Gasteiger partial charge in [-0.1, -0.05) is 6.07 Å². The number of morpholine rings is 1. The number of hydrogen-bond acceptors (Lipinski definition) is 6. The molecule has 0 amide bonds. The number of pyridine rings is 1. The Bertz CT molecular complexity index is 661. The van der Waals surface area contributed by atoms with Crippen molar-refractivity contribution in [1.82, 2.24) is 15.0 Å². The van der Waals surface area contributed by atoms with Gasteiger partial charge in [0, 0.05) is 25.9 Å². The van der Waals surface area contributed by atoms with Crippen molar-refractivity contribution in [3.63, 3.8) is 0 Å². The van der Waals surface area contributed by atoms with Gasteiger partial charge in [-0.05, 0) is 25.5 Å². The normalized spacial score (nSPS) is 18.3. The Morgan fingerprint density at radius 2 is 2.18 bits per heavy atom. The third-order valence-electron chi connectivity index (χ3n) is 3.79. The average Bonchev–Trinajstić information content (AvgIpc) is 2.55. The van der Waals surface area contributed by atoms with Crippen molar-refractivity contribution in [2.24, 2.45) is 0 Å². The zero-order chi connectivity index (χ0) is 15.5. The smallest absolute Gasteiger partial charge is 0.131 e. The minimum Gasteiger partial charge on any atom is -0.373 e. The van der Waals surface area contributed by atoms with E-state index in [2.05, 4.69) is 38.2 Å². The van der Waals surface area contributed by atoms with Crippen molar-refractivity contribution < 1.29 is 4.74 Å². The minimum atomic E-state index is -0.0658. The molecule has 0 aromatic carbocycles. The molecular formula is C16H21N5O. The van der Waals surface area contributed by atoms with Gasteiger partial charge < -0.3 is 15.0 Å². The molecule has 0 bridgehead atoms. The predicted molar refractivity (Wildman–Crippen MR) is 86.2 cm³/mol. The summed E-state index contributed by atoms with van der Waals surface area (Å²) in [5, 5.41) is 3.07. The molecule has 2 aromatic heterocycles. The largest absolute Gasteiger partial charge is 0.373 e. The van der Waals surface area contributed by atoms with Gasteiger partial charge in [-0.15, -0.1) is 0 Å². The molecule has 22 heavy (non-hydrogen) atoms. The van der Waals surface area contributed by atoms with E-state index in [1.165, 1.54) is 5.56 Å². The number of hydrogen-bond donors (Lipinski definition) is 1. The highest BCUT2D eigenvalue weighted by molar-refractivity contribution is 5.46. The fourth-order valence-electron chi connectivity index (χ4n) is 2.71. The van der Waals surface area contributed by atoms with Gasteiger partial charge in [-0.2, -0.15) is 0 Å². The Kier molecular flexibility index (Phi) is 4.20. The van der Waals surface area contributed by atoms with E-state index in [0.717, 1.165) is 36.2 Å². The molecule has 3 heterocycles. The van der Waals surface area contributed by atoms with Crippen LogP contribution in [0.5, 0.6) is 0 Å². The lowest BCUT2D eigenvalue weighted by atomic mass is 10.1. The molecule has 1 N–H and O–H groups in total. The number of ether oxygens (including phenoxy) is 1. The summed E-state index contributed by atoms with van der Waals surface area (Å²) in [7, 11) is 1.86. The molecule has 0 saturated carbocycles. The summed E-state index contributed by atoms with van der Waals surface area (Å²) in [5.74, 6) is 2.59. The van der Waals surface area contributed by atoms with Crippen LogP contribution in [0.25, 0.3) is 0 Å². The van der Waals surface area contributed by atoms with E-state index in [9.17, 15) is 0 Å². The molecule has 6 heteroatoms. The first-order valence-electron chi connectivity index (χ1n) is 7.49. The van der Waals surface area contributed by atoms with Gasteiger partial charge in [-0.3, -0.25) is 0 Å². The van der Waals surface area contributed by atoms with Crippen molar-refractivity contribution in [3.8, 4) is 0 Å². The molecule has 6 nitrogen and oxygen atoms in total. The van der Waals surface area contributed by atoms with Crippen LogP contribution >= 0.6 is 0 Å². The van der Waals surface area contributed by atoms with E-state index in [-0.39, 0.29) is 6.10 Å². The van der Waals surface area contributed by atoms with Crippen molar-refractivity contribution >= 4 is 11.6 Å². The molecule has 1 fully saturated rings. The lowest BCUT2D eigenvalue weighted by Gasteiger charge is -2.34. The van der Waals surface area contributed by atoms with Gasteiger partial charge in [-0.25, -0.2) is 15.0 Å². The second-order valence-electron chi connectivity index (χ2n) is 5.42. The molecule has 1 aliphatic heterocycles. The number of rotatable bonds is 3. The summed E-state index contributed by atoms with van der Waals surface area (Å²) in [6, 6.07) is 6.00. The highest BCUT2D eigenvalue weighted by Gasteiger charge is 2.25. The summed E-state index contributed by atoms with van der Waals surface area (Å²) >= 11 is 0. The summed E-state index contributed by atoms with van der Waals surface area (Å²) in [6.45, 7) is 6.24. The summed E-state index contributed by atoms with van der Waals surface area (Å²) in [5.41, 5.74) is 2.09. The molecule has 0 radical (unpaired) electrons. The first kappa shape index (κ1) is 14.7. The number of aromatic nitrogens is 3. The van der Waals surface area contributed by atoms with Crippen molar-refractivity contribution in [2.75, 3.05) is 37.0 Å². The molecule has 116 valence electrons. The number of aryl methyl sites for hydroxylation is 2. The lowest BCUT2D eigenvalue weighted by molar-refractivity contribution is 0.0366. The highest BCUT2D eigenvalue weighted by atomic mass is 16.5. The van der Waals surface area contributed by atoms with Crippen LogP contribution in [0, 0.1) is 13.8 Å². The van der Waals surface area contributed by atoms with Crippen LogP contribution in [0.1, 0.15) is 23.2 Å². The quantitative estimate of drug-likeness (QED) is 0.936. The van der Waals surface area contributed by atoms with Crippen LogP contribution in [0.15, 0.2) is 24.4 Å². The average molecular weight is 299 g/mol. The van der Waals surface area contributed by atoms with E-state index in [0.29, 0.717) is 6.61 Å². The van der Waals surface area contributed by atoms with Crippen LogP contribution in [-0.2, 0) is 4.74 Å². The van der Waals surface area contributed by atoms with Crippen LogP contribution in [0.3, 0.4) is 0 Å². The Labute approximate surface area is 130 Å². The summed E-state index contributed by atoms with van der Waals surface area (Å²) < 4.78 is 5.92. The fourth-order valence-corrected chi connectivity index (χ4v) is 2.71. The van der Waals surface area contributed by atoms with Crippen LogP contribution < -0.4 is 10.2 Å². The monoisotopic (exact) mass is 299 g/mol. The van der Waals surface area contributed by atoms with Gasteiger partial charge in [0.25, 0.3) is 0 Å². The van der Waals surface area contributed by atoms with E-state index in [1.54, 1.807) is 0 Å². The molecular weight excluding hydrogens is 278 g/mol. The standard InChI is InChI=1S/C16H21N5O/c1-11-5-4-6-18-16(11)21-7-8-22-14(10-21)13-9-15(17-3)20-12(2)19-13/h4-6,9,14H,7-8,10H2,1-3H3,(H,17,19,20)/t14-/m0/s1. The Morgan fingerprint density at radius 1 is 1.32 bits per heavy atom. The van der Waals surface area contributed by atoms with E-state index in [1.807, 2.05) is 32.3 Å². The maximum atomic E-state index is 5.92. The molecule has 2 aromatic rings. The van der Waals surface area contributed by atoms with Gasteiger partial charge in [0.2, 0.25) is 0 Å². The van der Waals surface area contributed by atoms with Gasteiger partial charge in [0.05, 0.1) is 18.8 Å². The Hall–Kier alpha value is -2.21. The fraction of sp³-hybridized carbons (Fsp3) is 0.438. The number of anilines is 2. The minimum absolute atomic E-state index is 0.0658. The second kappa shape index (κ2) is 6.27. The van der Waals surface area contributed by atoms with Crippen LogP contribution in [-0.4, -0.2) is 41.7 Å². The van der Waals surface area contributed by atoms with Crippen molar-refractivity contribution in [3.05, 3.63) is 41.5 Å². The molecule has 1 atom stereocenters. The molecule has 1 aliphatic rings. The second-order valence-corrected chi connectivity index (χ2v) is 5.42. The predicted octanol–water partition coefficient (Wildman–Crippen LogP) is 2.11. The number of nitrogens with zero attached hydrogens (tertiary/aromatic N) is 4. The Balaban J connectivity index is 1.84. The highest BCUT2D eigenvalue weighted by Crippen LogP contribution is 2.26. The van der Waals surface area contributed by atoms with Gasteiger partial charge in [0.15, 0.2) is 0 Å². The van der Waals surface area contributed by atoms with Crippen LogP contribution in [0.2, 0.25) is 0 Å². The molecule has 3 rings (SSSR count). The maximum absolute atomic E-state index is 5.92. The first-order valence-corrected chi connectivity index (χ1v) is 7.49. The lowest BCUT2D eigenvalue weighted by Crippen LogP contribution is -2.39. The number of nitrogens with one attached hydrogen (secondary N) is 1. The van der Waals surface area contributed by atoms with Crippen molar-refractivity contribution in [2.45, 2.75) is 20.0 Å². The third kappa shape index (κ3) is 3.01. The molecule has 0 spiro atoms. The molecule has 0 aliphatic carbocycles. The third-order valence-corrected chi connectivity index (χ3v) is 3.79. The van der Waals surface area contributed by atoms with Gasteiger partial charge in [0.1, 0.15) is 23.6 Å². The van der Waals surface area contributed by atoms with E-state index < -0.39 is 0 Å². The molecule has 0 unspecified atom stereocenters. The maximum Gasteiger partial charge on any atom is 0.131 e. The Morgan fingerprint density at radius 3 is 2.95 bits per heavy atom. The SMILES string of the molecule is CNc1cc([C@@H]2CN(c3ncccc3C)CCO2)nc(C)n1. The van der Waals surface area contributed by atoms with Gasteiger partial charge >= 0.3 is 0 Å². The first-order chi connectivity index (χ1) is 10.7. The van der Waals surface area contributed by atoms with E-state index in [4.69, 9.17) is 4.74 Å². The van der Waals surface area contributed by atoms with Crippen molar-refractivity contribution in [1.29, 1.82) is 0 Å². The zero-order valence-electron chi connectivity index (χ0n) is 13.2. The zero-order valence-corrected chi connectivity index (χ0v) is 13.2. The topological polar surface area (TPSA) is 63.2 Å². The summed E-state index contributed by atoms with van der Waals surface area (Å²) in [6.07, 6.45) is 1.77. The molecule has 1 saturated heterocycles. The van der Waals surface area contributed by atoms with Crippen LogP contribution in [0.4, 0.5) is 11.6 Å². The van der Waals surface area contributed by atoms with E-state index >= 15 is 0 Å². The summed E-state index contributed by atoms with van der Waals surface area (Å²) in [4.78, 5) is 15.6.